The lowest BCUT2D eigenvalue weighted by molar-refractivity contribution is 0.0949. The second kappa shape index (κ2) is 6.78. The number of anilines is 1. The van der Waals surface area contributed by atoms with E-state index in [2.05, 4.69) is 12.2 Å². The quantitative estimate of drug-likeness (QED) is 0.825. The van der Waals surface area contributed by atoms with Crippen LogP contribution in [0.3, 0.4) is 0 Å². The maximum atomic E-state index is 12.1. The van der Waals surface area contributed by atoms with Crippen LogP contribution in [0.15, 0.2) is 18.2 Å². The Morgan fingerprint density at radius 1 is 1.30 bits per heavy atom. The van der Waals surface area contributed by atoms with Crippen LogP contribution in [0, 0.1) is 18.8 Å². The number of benzene rings is 1. The largest absolute Gasteiger partial charge is 0.399 e. The van der Waals surface area contributed by atoms with E-state index in [1.807, 2.05) is 19.1 Å². The summed E-state index contributed by atoms with van der Waals surface area (Å²) in [5, 5.41) is 3.03. The van der Waals surface area contributed by atoms with Gasteiger partial charge in [-0.25, -0.2) is 0 Å². The monoisotopic (exact) mass is 274 g/mol. The fourth-order valence-corrected chi connectivity index (χ4v) is 2.99. The van der Waals surface area contributed by atoms with E-state index in [-0.39, 0.29) is 5.91 Å². The van der Waals surface area contributed by atoms with Crippen LogP contribution in [0.4, 0.5) is 5.69 Å². The zero-order chi connectivity index (χ0) is 14.5. The molecule has 2 rings (SSSR count). The van der Waals surface area contributed by atoms with E-state index in [4.69, 9.17) is 5.73 Å². The van der Waals surface area contributed by atoms with E-state index < -0.39 is 0 Å². The predicted octanol–water partition coefficient (Wildman–Crippen LogP) is 3.52. The van der Waals surface area contributed by atoms with Crippen molar-refractivity contribution in [2.24, 2.45) is 11.8 Å². The first-order valence-corrected chi connectivity index (χ1v) is 7.70. The number of hydrogen-bond acceptors (Lipinski definition) is 2. The maximum absolute atomic E-state index is 12.1. The van der Waals surface area contributed by atoms with Gasteiger partial charge >= 0.3 is 0 Å². The van der Waals surface area contributed by atoms with Gasteiger partial charge < -0.3 is 11.1 Å². The molecule has 0 bridgehead atoms. The fourth-order valence-electron chi connectivity index (χ4n) is 2.99. The second-order valence-corrected chi connectivity index (χ2v) is 6.24. The SMILES string of the molecule is Cc1ccc(N)cc1C(=O)NCCC1CCC(C)CC1. The number of nitrogens with two attached hydrogens (primary N) is 1. The first-order chi connectivity index (χ1) is 9.56. The Bertz CT molecular complexity index is 462. The van der Waals surface area contributed by atoms with Crippen LogP contribution in [-0.4, -0.2) is 12.5 Å². The Balaban J connectivity index is 1.79. The van der Waals surface area contributed by atoms with Gasteiger partial charge in [-0.15, -0.1) is 0 Å². The van der Waals surface area contributed by atoms with E-state index in [1.54, 1.807) is 6.07 Å². The summed E-state index contributed by atoms with van der Waals surface area (Å²) < 4.78 is 0. The van der Waals surface area contributed by atoms with Gasteiger partial charge in [-0.1, -0.05) is 38.7 Å². The lowest BCUT2D eigenvalue weighted by atomic mass is 9.81. The normalized spacial score (nSPS) is 22.5. The molecule has 1 aliphatic carbocycles. The van der Waals surface area contributed by atoms with Crippen molar-refractivity contribution in [2.75, 3.05) is 12.3 Å². The van der Waals surface area contributed by atoms with Crippen LogP contribution in [0.25, 0.3) is 0 Å². The smallest absolute Gasteiger partial charge is 0.251 e. The lowest BCUT2D eigenvalue weighted by Crippen LogP contribution is -2.27. The van der Waals surface area contributed by atoms with Crippen LogP contribution in [0.2, 0.25) is 0 Å². The number of nitrogen functional groups attached to an aromatic ring is 1. The molecule has 0 unspecified atom stereocenters. The fraction of sp³-hybridized carbons (Fsp3) is 0.588. The molecule has 0 spiro atoms. The minimum Gasteiger partial charge on any atom is -0.399 e. The van der Waals surface area contributed by atoms with Crippen molar-refractivity contribution in [3.63, 3.8) is 0 Å². The highest BCUT2D eigenvalue weighted by molar-refractivity contribution is 5.96. The molecule has 110 valence electrons. The average Bonchev–Trinajstić information content (AvgIpc) is 2.43. The Morgan fingerprint density at radius 2 is 2.00 bits per heavy atom. The number of nitrogens with one attached hydrogen (secondary N) is 1. The first-order valence-electron chi connectivity index (χ1n) is 7.70. The molecule has 0 radical (unpaired) electrons. The number of amides is 1. The van der Waals surface area contributed by atoms with E-state index in [0.717, 1.165) is 30.4 Å². The molecule has 1 saturated carbocycles. The van der Waals surface area contributed by atoms with Gasteiger partial charge in [-0.2, -0.15) is 0 Å². The van der Waals surface area contributed by atoms with Gasteiger partial charge in [0.2, 0.25) is 0 Å². The molecular weight excluding hydrogens is 248 g/mol. The summed E-state index contributed by atoms with van der Waals surface area (Å²) >= 11 is 0. The molecule has 0 aromatic heterocycles. The topological polar surface area (TPSA) is 55.1 Å². The van der Waals surface area contributed by atoms with Crippen molar-refractivity contribution in [1.82, 2.24) is 5.32 Å². The van der Waals surface area contributed by atoms with Crippen LogP contribution in [0.5, 0.6) is 0 Å². The Morgan fingerprint density at radius 3 is 2.70 bits per heavy atom. The maximum Gasteiger partial charge on any atom is 0.251 e. The van der Waals surface area contributed by atoms with Crippen LogP contribution < -0.4 is 11.1 Å². The summed E-state index contributed by atoms with van der Waals surface area (Å²) in [4.78, 5) is 12.1. The number of rotatable bonds is 4. The van der Waals surface area contributed by atoms with Gasteiger partial charge in [0.25, 0.3) is 5.91 Å². The molecule has 0 aliphatic heterocycles. The van der Waals surface area contributed by atoms with Crippen LogP contribution in [-0.2, 0) is 0 Å². The third-order valence-corrected chi connectivity index (χ3v) is 4.48. The molecule has 3 N–H and O–H groups in total. The van der Waals surface area contributed by atoms with Gasteiger partial charge in [0.1, 0.15) is 0 Å². The molecular formula is C17H26N2O. The standard InChI is InChI=1S/C17H26N2O/c1-12-3-6-14(7-4-12)9-10-19-17(20)16-11-15(18)8-5-13(16)2/h5,8,11-12,14H,3-4,6-7,9-10,18H2,1-2H3,(H,19,20). The molecule has 0 heterocycles. The van der Waals surface area contributed by atoms with Crippen LogP contribution >= 0.6 is 0 Å². The summed E-state index contributed by atoms with van der Waals surface area (Å²) in [7, 11) is 0. The minimum atomic E-state index is -0.000947. The molecule has 3 heteroatoms. The van der Waals surface area contributed by atoms with Crippen molar-refractivity contribution in [1.29, 1.82) is 0 Å². The van der Waals surface area contributed by atoms with Crippen molar-refractivity contribution in [2.45, 2.75) is 46.0 Å². The summed E-state index contributed by atoms with van der Waals surface area (Å²) in [6.07, 6.45) is 6.41. The Hall–Kier alpha value is -1.51. The predicted molar refractivity (Wildman–Crippen MR) is 83.7 cm³/mol. The summed E-state index contributed by atoms with van der Waals surface area (Å²) in [6.45, 7) is 5.05. The molecule has 0 saturated heterocycles. The van der Waals surface area contributed by atoms with Gasteiger partial charge in [-0.05, 0) is 42.9 Å². The summed E-state index contributed by atoms with van der Waals surface area (Å²) in [5.74, 6) is 1.67. The van der Waals surface area contributed by atoms with Gasteiger partial charge in [0.05, 0.1) is 0 Å². The van der Waals surface area contributed by atoms with Gasteiger partial charge in [-0.3, -0.25) is 4.79 Å². The van der Waals surface area contributed by atoms with E-state index >= 15 is 0 Å². The molecule has 0 atom stereocenters. The van der Waals surface area contributed by atoms with Gasteiger partial charge in [0, 0.05) is 17.8 Å². The number of carbonyl (C=O) groups is 1. The third-order valence-electron chi connectivity index (χ3n) is 4.48. The van der Waals surface area contributed by atoms with E-state index in [0.29, 0.717) is 11.3 Å². The highest BCUT2D eigenvalue weighted by atomic mass is 16.1. The molecule has 1 aromatic carbocycles. The van der Waals surface area contributed by atoms with Crippen molar-refractivity contribution < 1.29 is 4.79 Å². The van der Waals surface area contributed by atoms with Gasteiger partial charge in [0.15, 0.2) is 0 Å². The highest BCUT2D eigenvalue weighted by Gasteiger charge is 2.18. The summed E-state index contributed by atoms with van der Waals surface area (Å²) in [5.41, 5.74) is 8.06. The highest BCUT2D eigenvalue weighted by Crippen LogP contribution is 2.29. The number of aryl methyl sites for hydroxylation is 1. The van der Waals surface area contributed by atoms with E-state index in [9.17, 15) is 4.79 Å². The third kappa shape index (κ3) is 3.99. The Labute approximate surface area is 121 Å². The molecule has 1 aromatic rings. The second-order valence-electron chi connectivity index (χ2n) is 6.24. The van der Waals surface area contributed by atoms with Crippen molar-refractivity contribution in [3.8, 4) is 0 Å². The zero-order valence-corrected chi connectivity index (χ0v) is 12.6. The zero-order valence-electron chi connectivity index (χ0n) is 12.6. The minimum absolute atomic E-state index is 0.000947. The molecule has 1 fully saturated rings. The van der Waals surface area contributed by atoms with Crippen molar-refractivity contribution >= 4 is 11.6 Å². The molecule has 3 nitrogen and oxygen atoms in total. The molecule has 20 heavy (non-hydrogen) atoms. The first kappa shape index (κ1) is 14.9. The van der Waals surface area contributed by atoms with E-state index in [1.165, 1.54) is 25.7 Å². The number of carbonyl (C=O) groups excluding carboxylic acids is 1. The van der Waals surface area contributed by atoms with Crippen molar-refractivity contribution in [3.05, 3.63) is 29.3 Å². The molecule has 1 amide bonds. The molecule has 1 aliphatic rings. The van der Waals surface area contributed by atoms with Crippen LogP contribution in [0.1, 0.15) is 54.9 Å². The summed E-state index contributed by atoms with van der Waals surface area (Å²) in [6, 6.07) is 5.48. The lowest BCUT2D eigenvalue weighted by Gasteiger charge is -2.26. The number of hydrogen-bond donors (Lipinski definition) is 2. The Kier molecular flexibility index (Phi) is 5.05. The average molecular weight is 274 g/mol.